The molecule has 0 amide bonds. The molecule has 0 saturated heterocycles. The van der Waals surface area contributed by atoms with Gasteiger partial charge in [0.05, 0.1) is 20.1 Å². The van der Waals surface area contributed by atoms with Crippen LogP contribution in [0.3, 0.4) is 0 Å². The van der Waals surface area contributed by atoms with Gasteiger partial charge in [-0.15, -0.1) is 0 Å². The van der Waals surface area contributed by atoms with Crippen molar-refractivity contribution in [1.82, 2.24) is 0 Å². The zero-order valence-electron chi connectivity index (χ0n) is 16.8. The summed E-state index contributed by atoms with van der Waals surface area (Å²) in [6, 6.07) is 10.8. The molecule has 0 aromatic heterocycles. The normalized spacial score (nSPS) is 11.6. The third kappa shape index (κ3) is 13.4. The van der Waals surface area contributed by atoms with Gasteiger partial charge in [0.25, 0.3) is 0 Å². The molecule has 1 rings (SSSR count). The number of nitrogens with zero attached hydrogens (tertiary/aromatic N) is 1. The second kappa shape index (κ2) is 14.3. The molecule has 0 fully saturated rings. The summed E-state index contributed by atoms with van der Waals surface area (Å²) in [5, 5.41) is 13.4. The molecule has 26 heavy (non-hydrogen) atoms. The van der Waals surface area contributed by atoms with Gasteiger partial charge in [-0.05, 0) is 0 Å². The number of hydrogen-bond donors (Lipinski definition) is 0. The second-order valence-corrected chi connectivity index (χ2v) is 10.2. The number of carbonyl (C=O) groups is 1. The predicted octanol–water partition coefficient (Wildman–Crippen LogP) is 3.65. The minimum Gasteiger partial charge on any atom is -0.544 e. The summed E-state index contributed by atoms with van der Waals surface area (Å²) < 4.78 is 0.536. The maximum absolute atomic E-state index is 10.7. The van der Waals surface area contributed by atoms with Crippen molar-refractivity contribution in [2.45, 2.75) is 68.4 Å². The van der Waals surface area contributed by atoms with Crippen LogP contribution in [0.15, 0.2) is 30.3 Å². The summed E-state index contributed by atoms with van der Waals surface area (Å²) >= 11 is 0.768. The number of carboxylic acid groups (broad SMARTS) is 1. The topological polar surface area (TPSA) is 40.1 Å². The Bertz CT molecular complexity index is 476. The molecule has 0 heterocycles. The van der Waals surface area contributed by atoms with Crippen LogP contribution in [-0.2, 0) is 10.1 Å². The fourth-order valence-electron chi connectivity index (χ4n) is 3.17. The van der Waals surface area contributed by atoms with Crippen molar-refractivity contribution in [3.63, 3.8) is 0 Å². The van der Waals surface area contributed by atoms with Gasteiger partial charge in [0.2, 0.25) is 0 Å². The SMILES string of the molecule is C[N+](C)(CCCCCCCCCCC[Se]Cc1ccccc1)CC(=O)[O-]. The van der Waals surface area contributed by atoms with E-state index in [4.69, 9.17) is 0 Å². The first-order valence-electron chi connectivity index (χ1n) is 10.1. The van der Waals surface area contributed by atoms with Crippen molar-refractivity contribution < 1.29 is 14.4 Å². The molecule has 0 N–H and O–H groups in total. The summed E-state index contributed by atoms with van der Waals surface area (Å²) in [7, 11) is 3.94. The summed E-state index contributed by atoms with van der Waals surface area (Å²) in [6.07, 6.45) is 11.9. The van der Waals surface area contributed by atoms with Crippen molar-refractivity contribution in [3.8, 4) is 0 Å². The van der Waals surface area contributed by atoms with Gasteiger partial charge in [-0.25, -0.2) is 0 Å². The summed E-state index contributed by atoms with van der Waals surface area (Å²) in [4.78, 5) is 10.7. The van der Waals surface area contributed by atoms with Crippen LogP contribution in [0.2, 0.25) is 5.32 Å². The number of aliphatic carboxylic acids is 1. The number of carbonyl (C=O) groups excluding carboxylic acids is 1. The molecule has 0 unspecified atom stereocenters. The molecule has 0 aliphatic heterocycles. The molecular weight excluding hydrogens is 389 g/mol. The number of hydrogen-bond acceptors (Lipinski definition) is 2. The van der Waals surface area contributed by atoms with Gasteiger partial charge in [0.1, 0.15) is 6.54 Å². The van der Waals surface area contributed by atoms with Crippen LogP contribution in [-0.4, -0.2) is 52.6 Å². The van der Waals surface area contributed by atoms with Crippen molar-refractivity contribution in [3.05, 3.63) is 35.9 Å². The molecule has 0 saturated carbocycles. The molecule has 1 aromatic carbocycles. The van der Waals surface area contributed by atoms with E-state index in [0.29, 0.717) is 4.48 Å². The van der Waals surface area contributed by atoms with Gasteiger partial charge < -0.3 is 9.90 Å². The van der Waals surface area contributed by atoms with Crippen LogP contribution in [0.4, 0.5) is 0 Å². The van der Waals surface area contributed by atoms with E-state index < -0.39 is 5.97 Å². The van der Waals surface area contributed by atoms with Gasteiger partial charge in [-0.1, -0.05) is 0 Å². The van der Waals surface area contributed by atoms with E-state index in [1.807, 2.05) is 14.1 Å². The molecule has 0 atom stereocenters. The minimum atomic E-state index is -0.948. The van der Waals surface area contributed by atoms with Gasteiger partial charge in [0.15, 0.2) is 0 Å². The average molecular weight is 427 g/mol. The molecule has 4 heteroatoms. The molecule has 3 nitrogen and oxygen atoms in total. The maximum atomic E-state index is 10.7. The van der Waals surface area contributed by atoms with Crippen LogP contribution >= 0.6 is 0 Å². The average Bonchev–Trinajstić information content (AvgIpc) is 2.58. The van der Waals surface area contributed by atoms with E-state index >= 15 is 0 Å². The van der Waals surface area contributed by atoms with Crippen LogP contribution in [0.25, 0.3) is 0 Å². The molecule has 148 valence electrons. The number of carboxylic acids is 1. The smallest absolute Gasteiger partial charge is 0.119 e. The van der Waals surface area contributed by atoms with Gasteiger partial charge in [0, 0.05) is 0 Å². The van der Waals surface area contributed by atoms with Gasteiger partial charge in [-0.2, -0.15) is 0 Å². The Labute approximate surface area is 166 Å². The molecule has 0 spiro atoms. The third-order valence-electron chi connectivity index (χ3n) is 4.72. The first-order valence-corrected chi connectivity index (χ1v) is 12.6. The van der Waals surface area contributed by atoms with Crippen LogP contribution in [0, 0.1) is 0 Å². The Hall–Kier alpha value is -0.831. The molecular formula is C22H37NO2Se. The molecule has 1 aromatic rings. The van der Waals surface area contributed by atoms with E-state index in [-0.39, 0.29) is 6.54 Å². The quantitative estimate of drug-likeness (QED) is 0.230. The van der Waals surface area contributed by atoms with E-state index in [0.717, 1.165) is 27.9 Å². The van der Waals surface area contributed by atoms with E-state index in [1.165, 1.54) is 67.6 Å². The van der Waals surface area contributed by atoms with Crippen LogP contribution < -0.4 is 5.11 Å². The van der Waals surface area contributed by atoms with Crippen molar-refractivity contribution in [2.75, 3.05) is 27.2 Å². The zero-order valence-corrected chi connectivity index (χ0v) is 18.5. The Kier molecular flexibility index (Phi) is 12.7. The van der Waals surface area contributed by atoms with Gasteiger partial charge >= 0.3 is 130 Å². The van der Waals surface area contributed by atoms with Crippen molar-refractivity contribution in [1.29, 1.82) is 0 Å². The monoisotopic (exact) mass is 427 g/mol. The molecule has 0 radical (unpaired) electrons. The zero-order chi connectivity index (χ0) is 19.1. The summed E-state index contributed by atoms with van der Waals surface area (Å²) in [5.74, 6) is -0.948. The fraction of sp³-hybridized carbons (Fsp3) is 0.682. The number of likely N-dealkylation sites (N-methyl/N-ethyl adjacent to an activating group) is 1. The minimum absolute atomic E-state index is 0.118. The fourth-order valence-corrected chi connectivity index (χ4v) is 5.23. The van der Waals surface area contributed by atoms with E-state index in [1.54, 1.807) is 0 Å². The maximum Gasteiger partial charge on any atom is 0.119 e. The van der Waals surface area contributed by atoms with Gasteiger partial charge in [-0.3, -0.25) is 0 Å². The Morgan fingerprint density at radius 2 is 1.42 bits per heavy atom. The number of quaternary nitrogens is 1. The first-order chi connectivity index (χ1) is 12.5. The summed E-state index contributed by atoms with van der Waals surface area (Å²) in [6.45, 7) is 1.05. The first kappa shape index (κ1) is 23.2. The molecule has 0 bridgehead atoms. The van der Waals surface area contributed by atoms with Crippen molar-refractivity contribution in [2.24, 2.45) is 0 Å². The van der Waals surface area contributed by atoms with E-state index in [9.17, 15) is 9.90 Å². The van der Waals surface area contributed by atoms with Crippen LogP contribution in [0.5, 0.6) is 0 Å². The predicted molar refractivity (Wildman–Crippen MR) is 109 cm³/mol. The third-order valence-corrected chi connectivity index (χ3v) is 7.06. The Morgan fingerprint density at radius 3 is 2.00 bits per heavy atom. The molecule has 0 aliphatic rings. The molecule has 0 aliphatic carbocycles. The van der Waals surface area contributed by atoms with Crippen molar-refractivity contribution >= 4 is 20.9 Å². The van der Waals surface area contributed by atoms with E-state index in [2.05, 4.69) is 30.3 Å². The number of unbranched alkanes of at least 4 members (excludes halogenated alkanes) is 8. The second-order valence-electron chi connectivity index (χ2n) is 7.91. The Balaban J connectivity index is 1.81. The standard InChI is InChI=1S/C22H37NO2Se/c1-23(2,19-22(24)25)17-13-8-6-4-3-5-7-9-14-18-26-20-21-15-11-10-12-16-21/h10-12,15-16H,3-9,13-14,17-20H2,1-2H3. The Morgan fingerprint density at radius 1 is 0.885 bits per heavy atom. The van der Waals surface area contributed by atoms with Crippen LogP contribution in [0.1, 0.15) is 63.4 Å². The number of rotatable bonds is 16. The summed E-state index contributed by atoms with van der Waals surface area (Å²) in [5.41, 5.74) is 1.49. The largest absolute Gasteiger partial charge is 0.544 e. The number of benzene rings is 1.